The maximum Gasteiger partial charge on any atom is 0.523 e. The largest absolute Gasteiger partial charge is 0.523 e. The van der Waals surface area contributed by atoms with Crippen molar-refractivity contribution in [3.05, 3.63) is 0 Å². The van der Waals surface area contributed by atoms with Gasteiger partial charge in [0.15, 0.2) is 6.79 Å². The molecule has 0 radical (unpaired) electrons. The fourth-order valence-corrected chi connectivity index (χ4v) is 0.758. The molecular weight excluding hydrogens is 288 g/mol. The van der Waals surface area contributed by atoms with Crippen LogP contribution in [0.15, 0.2) is 0 Å². The van der Waals surface area contributed by atoms with Crippen molar-refractivity contribution in [1.82, 2.24) is 0 Å². The predicted octanol–water partition coefficient (Wildman–Crippen LogP) is 2.02. The van der Waals surface area contributed by atoms with E-state index < -0.39 is 30.7 Å². The summed E-state index contributed by atoms with van der Waals surface area (Å²) in [5.74, 6) is 0. The van der Waals surface area contributed by atoms with Crippen molar-refractivity contribution in [2.45, 2.75) is 32.2 Å². The Balaban J connectivity index is 0. The van der Waals surface area contributed by atoms with Crippen LogP contribution in [-0.2, 0) is 23.4 Å². The van der Waals surface area contributed by atoms with E-state index in [1.807, 2.05) is 0 Å². The van der Waals surface area contributed by atoms with Gasteiger partial charge in [0.05, 0.1) is 0 Å². The van der Waals surface area contributed by atoms with Crippen LogP contribution in [0.4, 0.5) is 13.2 Å². The molecule has 6 nitrogen and oxygen atoms in total. The molecule has 0 amide bonds. The summed E-state index contributed by atoms with van der Waals surface area (Å²) in [5, 5.41) is 0. The quantitative estimate of drug-likeness (QED) is 0.361. The number of hydrogen-bond acceptors (Lipinski definition) is 5. The molecular formula is C6H14F3O6PS. The molecule has 1 N–H and O–H groups in total. The molecule has 0 saturated heterocycles. The third-order valence-electron chi connectivity index (χ3n) is 1.17. The third-order valence-corrected chi connectivity index (χ3v) is 2.51. The standard InChI is InChI=1S/C4H10.C2H4F3O6PS/c1-3-4-2;3-2(4,5)13(8,9)11-1-10-12(6)7/h3-4H2,1-2H3;12H,1H2,(H,6,7). The van der Waals surface area contributed by atoms with Crippen molar-refractivity contribution in [2.75, 3.05) is 6.79 Å². The van der Waals surface area contributed by atoms with Gasteiger partial charge in [0.25, 0.3) is 0 Å². The molecule has 0 aliphatic heterocycles. The van der Waals surface area contributed by atoms with Crippen molar-refractivity contribution in [3.63, 3.8) is 0 Å². The summed E-state index contributed by atoms with van der Waals surface area (Å²) in [5.41, 5.74) is -5.57. The van der Waals surface area contributed by atoms with E-state index in [2.05, 4.69) is 22.6 Å². The van der Waals surface area contributed by atoms with Gasteiger partial charge in [0.2, 0.25) is 0 Å². The summed E-state index contributed by atoms with van der Waals surface area (Å²) in [7, 11) is -9.26. The zero-order chi connectivity index (χ0) is 14.1. The second-order valence-electron chi connectivity index (χ2n) is 2.55. The van der Waals surface area contributed by atoms with Gasteiger partial charge in [0, 0.05) is 0 Å². The highest BCUT2D eigenvalue weighted by Crippen LogP contribution is 2.25. The molecule has 0 aliphatic carbocycles. The van der Waals surface area contributed by atoms with Crippen molar-refractivity contribution in [2.24, 2.45) is 0 Å². The minimum atomic E-state index is -5.75. The van der Waals surface area contributed by atoms with Gasteiger partial charge in [-0.25, -0.2) is 4.18 Å². The fourth-order valence-electron chi connectivity index (χ4n) is 0.205. The van der Waals surface area contributed by atoms with Gasteiger partial charge in [-0.2, -0.15) is 21.6 Å². The highest BCUT2D eigenvalue weighted by Gasteiger charge is 2.47. The molecule has 0 saturated carbocycles. The second kappa shape index (κ2) is 8.87. The minimum Gasteiger partial charge on any atom is -0.326 e. The highest BCUT2D eigenvalue weighted by atomic mass is 32.2. The summed E-state index contributed by atoms with van der Waals surface area (Å²) < 4.78 is 70.9. The molecule has 1 unspecified atom stereocenters. The summed E-state index contributed by atoms with van der Waals surface area (Å²) in [6.45, 7) is 2.91. The molecule has 0 aromatic carbocycles. The van der Waals surface area contributed by atoms with Crippen LogP contribution in [0.25, 0.3) is 0 Å². The third kappa shape index (κ3) is 10.7. The Morgan fingerprint density at radius 2 is 1.65 bits per heavy atom. The van der Waals surface area contributed by atoms with Crippen LogP contribution in [-0.4, -0.2) is 25.6 Å². The van der Waals surface area contributed by atoms with E-state index in [1.54, 1.807) is 0 Å². The summed E-state index contributed by atoms with van der Waals surface area (Å²) in [6.07, 6.45) is 2.64. The maximum atomic E-state index is 11.5. The van der Waals surface area contributed by atoms with E-state index in [-0.39, 0.29) is 0 Å². The monoisotopic (exact) mass is 302 g/mol. The Morgan fingerprint density at radius 3 is 1.88 bits per heavy atom. The lowest BCUT2D eigenvalue weighted by atomic mass is 10.4. The Kier molecular flexibility index (Phi) is 10.0. The first-order valence-corrected chi connectivity index (χ1v) is 7.07. The van der Waals surface area contributed by atoms with E-state index in [4.69, 9.17) is 4.89 Å². The number of halogens is 3. The smallest absolute Gasteiger partial charge is 0.326 e. The molecule has 0 bridgehead atoms. The first-order valence-electron chi connectivity index (χ1n) is 4.39. The van der Waals surface area contributed by atoms with Gasteiger partial charge < -0.3 is 4.89 Å². The van der Waals surface area contributed by atoms with Crippen molar-refractivity contribution in [3.8, 4) is 0 Å². The average Bonchev–Trinajstić information content (AvgIpc) is 2.15. The lowest BCUT2D eigenvalue weighted by molar-refractivity contribution is -0.0589. The van der Waals surface area contributed by atoms with Gasteiger partial charge in [-0.3, -0.25) is 9.09 Å². The predicted molar refractivity (Wildman–Crippen MR) is 53.8 cm³/mol. The molecule has 0 aromatic heterocycles. The van der Waals surface area contributed by atoms with Gasteiger partial charge in [0.1, 0.15) is 0 Å². The number of rotatable bonds is 5. The van der Waals surface area contributed by atoms with Gasteiger partial charge in [-0.1, -0.05) is 26.7 Å². The lowest BCUT2D eigenvalue weighted by Gasteiger charge is -2.06. The van der Waals surface area contributed by atoms with Gasteiger partial charge in [-0.15, -0.1) is 0 Å². The molecule has 0 aliphatic rings. The van der Waals surface area contributed by atoms with Crippen LogP contribution in [0.2, 0.25) is 0 Å². The Labute approximate surface area is 97.8 Å². The number of unbranched alkanes of at least 4 members (excludes halogenated alkanes) is 1. The molecule has 0 rings (SSSR count). The van der Waals surface area contributed by atoms with Crippen LogP contribution < -0.4 is 0 Å². The molecule has 0 heterocycles. The lowest BCUT2D eigenvalue weighted by Crippen LogP contribution is -2.26. The van der Waals surface area contributed by atoms with E-state index >= 15 is 0 Å². The average molecular weight is 302 g/mol. The Hall–Kier alpha value is -0.150. The first kappa shape index (κ1) is 19.2. The molecule has 17 heavy (non-hydrogen) atoms. The summed E-state index contributed by atoms with van der Waals surface area (Å²) in [4.78, 5) is 7.92. The fraction of sp³-hybridized carbons (Fsp3) is 1.00. The maximum absolute atomic E-state index is 11.5. The molecule has 11 heteroatoms. The van der Waals surface area contributed by atoms with Crippen molar-refractivity contribution < 1.29 is 39.8 Å². The molecule has 1 atom stereocenters. The summed E-state index contributed by atoms with van der Waals surface area (Å²) >= 11 is 0. The SMILES string of the molecule is CCCC.O=[PH](O)OCOS(=O)(=O)C(F)(F)F. The van der Waals surface area contributed by atoms with Crippen LogP contribution >= 0.6 is 8.25 Å². The molecule has 0 aromatic rings. The van der Waals surface area contributed by atoms with E-state index in [0.29, 0.717) is 0 Å². The molecule has 0 spiro atoms. The van der Waals surface area contributed by atoms with Gasteiger partial charge in [-0.05, 0) is 0 Å². The van der Waals surface area contributed by atoms with Crippen LogP contribution in [0.5, 0.6) is 0 Å². The van der Waals surface area contributed by atoms with E-state index in [1.165, 1.54) is 12.8 Å². The van der Waals surface area contributed by atoms with Crippen molar-refractivity contribution in [1.29, 1.82) is 0 Å². The number of hydrogen-bond donors (Lipinski definition) is 1. The Morgan fingerprint density at radius 1 is 1.24 bits per heavy atom. The van der Waals surface area contributed by atoms with Crippen LogP contribution in [0.1, 0.15) is 26.7 Å². The topological polar surface area (TPSA) is 89.9 Å². The first-order chi connectivity index (χ1) is 7.58. The van der Waals surface area contributed by atoms with Crippen LogP contribution in [0.3, 0.4) is 0 Å². The Bertz CT molecular complexity index is 312. The summed E-state index contributed by atoms with van der Waals surface area (Å²) in [6, 6.07) is 0. The second-order valence-corrected chi connectivity index (χ2v) is 4.97. The van der Waals surface area contributed by atoms with Crippen LogP contribution in [0, 0.1) is 0 Å². The van der Waals surface area contributed by atoms with Gasteiger partial charge >= 0.3 is 23.9 Å². The van der Waals surface area contributed by atoms with E-state index in [9.17, 15) is 26.2 Å². The normalized spacial score (nSPS) is 13.8. The zero-order valence-electron chi connectivity index (χ0n) is 9.15. The zero-order valence-corrected chi connectivity index (χ0v) is 11.0. The highest BCUT2D eigenvalue weighted by molar-refractivity contribution is 7.87. The van der Waals surface area contributed by atoms with E-state index in [0.717, 1.165) is 0 Å². The molecule has 106 valence electrons. The molecule has 0 fully saturated rings. The minimum absolute atomic E-state index is 1.32. The van der Waals surface area contributed by atoms with Crippen molar-refractivity contribution >= 4 is 18.4 Å². The number of alkyl halides is 3.